The van der Waals surface area contributed by atoms with Crippen LogP contribution in [0, 0.1) is 3.57 Å². The van der Waals surface area contributed by atoms with Gasteiger partial charge in [0.15, 0.2) is 0 Å². The number of hydrogen-bond donors (Lipinski definition) is 1. The van der Waals surface area contributed by atoms with Gasteiger partial charge >= 0.3 is 0 Å². The smallest absolute Gasteiger partial charge is 0.138 e. The summed E-state index contributed by atoms with van der Waals surface area (Å²) in [6.07, 6.45) is 4.25. The van der Waals surface area contributed by atoms with Crippen molar-refractivity contribution in [2.24, 2.45) is 0 Å². The number of hydrogen-bond acceptors (Lipinski definition) is 2. The van der Waals surface area contributed by atoms with E-state index in [1.165, 1.54) is 9.13 Å². The highest BCUT2D eigenvalue weighted by Crippen LogP contribution is 2.25. The molecule has 1 aromatic heterocycles. The van der Waals surface area contributed by atoms with Crippen LogP contribution in [0.5, 0.6) is 0 Å². The van der Waals surface area contributed by atoms with Crippen molar-refractivity contribution in [3.8, 4) is 11.4 Å². The summed E-state index contributed by atoms with van der Waals surface area (Å²) in [5, 5.41) is 0. The SMILES string of the molecule is Brc1ccc(CN2C=Cc3[nH]c(-c4cccc(I)c4)nc3C2)cc1. The van der Waals surface area contributed by atoms with E-state index >= 15 is 0 Å². The molecule has 2 heterocycles. The number of imidazole rings is 1. The fourth-order valence-corrected chi connectivity index (χ4v) is 3.62. The number of rotatable bonds is 3. The van der Waals surface area contributed by atoms with Crippen molar-refractivity contribution >= 4 is 44.6 Å². The van der Waals surface area contributed by atoms with E-state index in [2.05, 4.69) is 109 Å². The maximum Gasteiger partial charge on any atom is 0.138 e. The molecule has 0 amide bonds. The summed E-state index contributed by atoms with van der Waals surface area (Å²) in [5.74, 6) is 0.939. The molecule has 0 saturated carbocycles. The summed E-state index contributed by atoms with van der Waals surface area (Å²) in [6.45, 7) is 1.71. The van der Waals surface area contributed by atoms with Gasteiger partial charge in [-0.1, -0.05) is 40.2 Å². The Morgan fingerprint density at radius 1 is 1.17 bits per heavy atom. The summed E-state index contributed by atoms with van der Waals surface area (Å²) < 4.78 is 2.32. The first-order valence-corrected chi connectivity index (χ1v) is 9.56. The largest absolute Gasteiger partial charge is 0.367 e. The lowest BCUT2D eigenvalue weighted by Crippen LogP contribution is -2.19. The maximum atomic E-state index is 4.81. The van der Waals surface area contributed by atoms with Crippen LogP contribution in [0.4, 0.5) is 0 Å². The van der Waals surface area contributed by atoms with Crippen LogP contribution in [0.15, 0.2) is 59.2 Å². The Morgan fingerprint density at radius 2 is 2.00 bits per heavy atom. The van der Waals surface area contributed by atoms with Gasteiger partial charge in [0.2, 0.25) is 0 Å². The number of halogens is 2. The molecule has 0 atom stereocenters. The molecule has 2 aromatic carbocycles. The lowest BCUT2D eigenvalue weighted by Gasteiger charge is -2.22. The molecule has 3 nitrogen and oxygen atoms in total. The van der Waals surface area contributed by atoms with Crippen molar-refractivity contribution in [1.82, 2.24) is 14.9 Å². The second-order valence-electron chi connectivity index (χ2n) is 5.80. The number of nitrogens with zero attached hydrogens (tertiary/aromatic N) is 2. The summed E-state index contributed by atoms with van der Waals surface area (Å²) in [4.78, 5) is 10.5. The van der Waals surface area contributed by atoms with Crippen molar-refractivity contribution in [2.75, 3.05) is 0 Å². The normalized spacial score (nSPS) is 13.2. The monoisotopic (exact) mass is 491 g/mol. The van der Waals surface area contributed by atoms with Crippen molar-refractivity contribution in [1.29, 1.82) is 0 Å². The van der Waals surface area contributed by atoms with E-state index in [0.717, 1.165) is 40.3 Å². The van der Waals surface area contributed by atoms with E-state index in [0.29, 0.717) is 0 Å². The second kappa shape index (κ2) is 6.72. The molecule has 3 aromatic rings. The van der Waals surface area contributed by atoms with Gasteiger partial charge in [0.1, 0.15) is 5.82 Å². The van der Waals surface area contributed by atoms with Crippen LogP contribution in [0.2, 0.25) is 0 Å². The molecule has 0 saturated heterocycles. The molecule has 1 aliphatic heterocycles. The first-order valence-electron chi connectivity index (χ1n) is 7.69. The molecule has 0 aliphatic carbocycles. The molecular formula is C19H15BrIN3. The van der Waals surface area contributed by atoms with Crippen LogP contribution in [0.25, 0.3) is 17.5 Å². The zero-order chi connectivity index (χ0) is 16.5. The van der Waals surface area contributed by atoms with E-state index < -0.39 is 0 Å². The van der Waals surface area contributed by atoms with Gasteiger partial charge in [-0.15, -0.1) is 0 Å². The van der Waals surface area contributed by atoms with Gasteiger partial charge < -0.3 is 9.88 Å². The van der Waals surface area contributed by atoms with E-state index in [1.807, 2.05) is 0 Å². The highest BCUT2D eigenvalue weighted by atomic mass is 127. The molecule has 120 valence electrons. The molecule has 4 rings (SSSR count). The fourth-order valence-electron chi connectivity index (χ4n) is 2.81. The van der Waals surface area contributed by atoms with Gasteiger partial charge in [0, 0.05) is 26.4 Å². The van der Waals surface area contributed by atoms with Gasteiger partial charge in [-0.05, 0) is 58.5 Å². The Morgan fingerprint density at radius 3 is 2.79 bits per heavy atom. The Hall–Kier alpha value is -1.60. The quantitative estimate of drug-likeness (QED) is 0.495. The van der Waals surface area contributed by atoms with Crippen LogP contribution in [0.1, 0.15) is 17.0 Å². The predicted octanol–water partition coefficient (Wildman–Crippen LogP) is 5.43. The first-order chi connectivity index (χ1) is 11.7. The molecule has 0 unspecified atom stereocenters. The molecule has 1 N–H and O–H groups in total. The topological polar surface area (TPSA) is 31.9 Å². The number of benzene rings is 2. The molecule has 0 radical (unpaired) electrons. The Labute approximate surface area is 163 Å². The average molecular weight is 492 g/mol. The minimum absolute atomic E-state index is 0.822. The lowest BCUT2D eigenvalue weighted by atomic mass is 10.2. The highest BCUT2D eigenvalue weighted by Gasteiger charge is 2.16. The van der Waals surface area contributed by atoms with Gasteiger partial charge in [-0.2, -0.15) is 0 Å². The van der Waals surface area contributed by atoms with Gasteiger partial charge in [-0.3, -0.25) is 0 Å². The van der Waals surface area contributed by atoms with Crippen molar-refractivity contribution in [3.63, 3.8) is 0 Å². The molecule has 5 heteroatoms. The zero-order valence-electron chi connectivity index (χ0n) is 12.8. The molecule has 1 aliphatic rings. The third-order valence-corrected chi connectivity index (χ3v) is 5.21. The summed E-state index contributed by atoms with van der Waals surface area (Å²) in [6, 6.07) is 16.9. The van der Waals surface area contributed by atoms with E-state index in [-0.39, 0.29) is 0 Å². The van der Waals surface area contributed by atoms with Crippen LogP contribution < -0.4 is 0 Å². The number of nitrogens with one attached hydrogen (secondary N) is 1. The third kappa shape index (κ3) is 3.42. The van der Waals surface area contributed by atoms with Crippen molar-refractivity contribution in [3.05, 3.63) is 79.7 Å². The maximum absolute atomic E-state index is 4.81. The summed E-state index contributed by atoms with van der Waals surface area (Å²) in [7, 11) is 0. The molecule has 0 bridgehead atoms. The van der Waals surface area contributed by atoms with E-state index in [1.54, 1.807) is 0 Å². The number of aromatic amines is 1. The summed E-state index contributed by atoms with van der Waals surface area (Å²) >= 11 is 5.81. The van der Waals surface area contributed by atoms with E-state index in [9.17, 15) is 0 Å². The van der Waals surface area contributed by atoms with Crippen LogP contribution in [0.3, 0.4) is 0 Å². The number of aromatic nitrogens is 2. The minimum atomic E-state index is 0.822. The molecule has 0 spiro atoms. The van der Waals surface area contributed by atoms with Crippen LogP contribution in [-0.2, 0) is 13.1 Å². The standard InChI is InChI=1S/C19H15BrIN3/c20-15-6-4-13(5-7-15)11-24-9-8-17-18(12-24)23-19(22-17)14-2-1-3-16(21)10-14/h1-10H,11-12H2,(H,22,23). The lowest BCUT2D eigenvalue weighted by molar-refractivity contribution is 0.355. The second-order valence-corrected chi connectivity index (χ2v) is 7.96. The zero-order valence-corrected chi connectivity index (χ0v) is 16.6. The fraction of sp³-hybridized carbons (Fsp3) is 0.105. The predicted molar refractivity (Wildman–Crippen MR) is 109 cm³/mol. The number of H-pyrrole nitrogens is 1. The van der Waals surface area contributed by atoms with Crippen molar-refractivity contribution in [2.45, 2.75) is 13.1 Å². The first kappa shape index (κ1) is 15.9. The van der Waals surface area contributed by atoms with Crippen LogP contribution in [-0.4, -0.2) is 14.9 Å². The Bertz CT molecular complexity index is 899. The Balaban J connectivity index is 1.54. The number of fused-ring (bicyclic) bond motifs is 1. The van der Waals surface area contributed by atoms with Crippen LogP contribution >= 0.6 is 38.5 Å². The van der Waals surface area contributed by atoms with Gasteiger partial charge in [0.05, 0.1) is 17.9 Å². The Kier molecular flexibility index (Phi) is 4.45. The average Bonchev–Trinajstić information content (AvgIpc) is 3.00. The third-order valence-electron chi connectivity index (χ3n) is 4.01. The van der Waals surface area contributed by atoms with Gasteiger partial charge in [-0.25, -0.2) is 4.98 Å². The summed E-state index contributed by atoms with van der Waals surface area (Å²) in [5.41, 5.74) is 4.63. The van der Waals surface area contributed by atoms with Crippen molar-refractivity contribution < 1.29 is 0 Å². The van der Waals surface area contributed by atoms with Gasteiger partial charge in [0.25, 0.3) is 0 Å². The minimum Gasteiger partial charge on any atom is -0.367 e. The molecular weight excluding hydrogens is 477 g/mol. The van der Waals surface area contributed by atoms with E-state index in [4.69, 9.17) is 4.98 Å². The molecule has 24 heavy (non-hydrogen) atoms. The highest BCUT2D eigenvalue weighted by molar-refractivity contribution is 14.1. The molecule has 0 fully saturated rings.